The number of piperazine rings is 1. The zero-order valence-electron chi connectivity index (χ0n) is 15.0. The number of hydrogen-bond acceptors (Lipinski definition) is 4. The summed E-state index contributed by atoms with van der Waals surface area (Å²) in [4.78, 5) is 12.6. The Balaban J connectivity index is 2.13. The first-order valence-electron chi connectivity index (χ1n) is 8.35. The molecule has 1 heterocycles. The van der Waals surface area contributed by atoms with Crippen LogP contribution < -0.4 is 10.1 Å². The molecular weight excluding hydrogens is 352 g/mol. The predicted molar refractivity (Wildman–Crippen MR) is 98.6 cm³/mol. The number of amides is 1. The molecule has 1 amide bonds. The molecule has 0 bridgehead atoms. The van der Waals surface area contributed by atoms with Crippen molar-refractivity contribution in [3.05, 3.63) is 59.2 Å². The van der Waals surface area contributed by atoms with E-state index in [0.717, 1.165) is 11.1 Å². The van der Waals surface area contributed by atoms with Crippen LogP contribution in [0.15, 0.2) is 47.4 Å². The number of nitrogens with zero attached hydrogens (tertiary/aromatic N) is 1. The number of benzene rings is 2. The van der Waals surface area contributed by atoms with E-state index < -0.39 is 16.1 Å². The summed E-state index contributed by atoms with van der Waals surface area (Å²) in [7, 11) is -2.49. The summed E-state index contributed by atoms with van der Waals surface area (Å²) >= 11 is 0. The van der Waals surface area contributed by atoms with Crippen LogP contribution in [0.5, 0.6) is 5.75 Å². The van der Waals surface area contributed by atoms with Crippen molar-refractivity contribution in [2.24, 2.45) is 0 Å². The molecule has 0 saturated carbocycles. The van der Waals surface area contributed by atoms with E-state index in [1.165, 1.54) is 11.4 Å². The predicted octanol–water partition coefficient (Wildman–Crippen LogP) is 2.17. The number of carbonyl (C=O) groups excluding carboxylic acids is 1. The van der Waals surface area contributed by atoms with E-state index in [1.807, 2.05) is 32.0 Å². The minimum atomic E-state index is -3.92. The summed E-state index contributed by atoms with van der Waals surface area (Å²) in [5.41, 5.74) is 2.42. The molecule has 26 heavy (non-hydrogen) atoms. The molecule has 1 unspecified atom stereocenters. The average molecular weight is 374 g/mol. The van der Waals surface area contributed by atoms with Gasteiger partial charge in [0, 0.05) is 13.1 Å². The van der Waals surface area contributed by atoms with Gasteiger partial charge in [0.2, 0.25) is 15.9 Å². The van der Waals surface area contributed by atoms with Gasteiger partial charge >= 0.3 is 0 Å². The van der Waals surface area contributed by atoms with Crippen molar-refractivity contribution in [2.75, 3.05) is 20.2 Å². The Bertz CT molecular complexity index is 940. The van der Waals surface area contributed by atoms with Gasteiger partial charge in [-0.3, -0.25) is 4.79 Å². The van der Waals surface area contributed by atoms with Gasteiger partial charge in [-0.2, -0.15) is 4.31 Å². The molecular formula is C19H22N2O4S. The summed E-state index contributed by atoms with van der Waals surface area (Å²) < 4.78 is 33.3. The Kier molecular flexibility index (Phi) is 5.02. The largest absolute Gasteiger partial charge is 0.495 e. The molecule has 1 atom stereocenters. The van der Waals surface area contributed by atoms with Crippen LogP contribution in [0, 0.1) is 13.8 Å². The van der Waals surface area contributed by atoms with Gasteiger partial charge in [-0.15, -0.1) is 0 Å². The molecule has 2 aromatic rings. The lowest BCUT2D eigenvalue weighted by Gasteiger charge is -2.34. The topological polar surface area (TPSA) is 75.7 Å². The lowest BCUT2D eigenvalue weighted by atomic mass is 10.0. The Labute approximate surface area is 153 Å². The SMILES string of the molecule is COc1ccc(C)cc1S(=O)(=O)N1CCNC(=O)C1c1cccc(C)c1. The number of methoxy groups -OCH3 is 1. The second-order valence-electron chi connectivity index (χ2n) is 6.38. The quantitative estimate of drug-likeness (QED) is 0.890. The van der Waals surface area contributed by atoms with Gasteiger partial charge in [-0.05, 0) is 37.1 Å². The van der Waals surface area contributed by atoms with Crippen molar-refractivity contribution in [2.45, 2.75) is 24.8 Å². The molecule has 0 aromatic heterocycles. The standard InChI is InChI=1S/C19H22N2O4S/c1-13-5-4-6-15(11-13)18-19(22)20-9-10-21(18)26(23,24)17-12-14(2)7-8-16(17)25-3/h4-8,11-12,18H,9-10H2,1-3H3,(H,20,22). The molecule has 0 spiro atoms. The summed E-state index contributed by atoms with van der Waals surface area (Å²) in [6.07, 6.45) is 0. The summed E-state index contributed by atoms with van der Waals surface area (Å²) in [5.74, 6) is -0.0541. The van der Waals surface area contributed by atoms with Crippen molar-refractivity contribution in [3.8, 4) is 5.75 Å². The lowest BCUT2D eigenvalue weighted by Crippen LogP contribution is -2.52. The fraction of sp³-hybridized carbons (Fsp3) is 0.316. The lowest BCUT2D eigenvalue weighted by molar-refractivity contribution is -0.126. The first kappa shape index (κ1) is 18.4. The van der Waals surface area contributed by atoms with Crippen LogP contribution in [0.3, 0.4) is 0 Å². The van der Waals surface area contributed by atoms with Crippen molar-refractivity contribution in [1.29, 1.82) is 0 Å². The van der Waals surface area contributed by atoms with Gasteiger partial charge in [0.25, 0.3) is 0 Å². The number of aryl methyl sites for hydroxylation is 2. The van der Waals surface area contributed by atoms with Crippen LogP contribution in [0.25, 0.3) is 0 Å². The number of sulfonamides is 1. The first-order valence-corrected chi connectivity index (χ1v) is 9.79. The number of ether oxygens (including phenoxy) is 1. The van der Waals surface area contributed by atoms with E-state index in [4.69, 9.17) is 4.74 Å². The van der Waals surface area contributed by atoms with Crippen molar-refractivity contribution in [3.63, 3.8) is 0 Å². The molecule has 0 aliphatic carbocycles. The molecule has 7 heteroatoms. The maximum atomic E-state index is 13.4. The monoisotopic (exact) mass is 374 g/mol. The Morgan fingerprint density at radius 2 is 1.85 bits per heavy atom. The molecule has 6 nitrogen and oxygen atoms in total. The van der Waals surface area contributed by atoms with Crippen LogP contribution in [-0.2, 0) is 14.8 Å². The van der Waals surface area contributed by atoms with Gasteiger partial charge in [-0.25, -0.2) is 8.42 Å². The third-order valence-corrected chi connectivity index (χ3v) is 6.32. The highest BCUT2D eigenvalue weighted by Crippen LogP contribution is 2.34. The molecule has 0 radical (unpaired) electrons. The third kappa shape index (κ3) is 3.32. The maximum Gasteiger partial charge on any atom is 0.247 e. The molecule has 2 aromatic carbocycles. The second-order valence-corrected chi connectivity index (χ2v) is 8.24. The normalized spacial score (nSPS) is 18.4. The van der Waals surface area contributed by atoms with Crippen molar-refractivity contribution < 1.29 is 17.9 Å². The number of nitrogens with one attached hydrogen (secondary N) is 1. The van der Waals surface area contributed by atoms with E-state index >= 15 is 0 Å². The highest BCUT2D eigenvalue weighted by Gasteiger charge is 2.40. The third-order valence-electron chi connectivity index (χ3n) is 4.43. The fourth-order valence-electron chi connectivity index (χ4n) is 3.17. The van der Waals surface area contributed by atoms with Crippen LogP contribution >= 0.6 is 0 Å². The Morgan fingerprint density at radius 3 is 2.54 bits per heavy atom. The van der Waals surface area contributed by atoms with Crippen LogP contribution in [0.2, 0.25) is 0 Å². The molecule has 1 fully saturated rings. The van der Waals surface area contributed by atoms with E-state index in [9.17, 15) is 13.2 Å². The van der Waals surface area contributed by atoms with Gasteiger partial charge in [0.15, 0.2) is 0 Å². The molecule has 1 N–H and O–H groups in total. The summed E-state index contributed by atoms with van der Waals surface area (Å²) in [6.45, 7) is 4.20. The second kappa shape index (κ2) is 7.09. The smallest absolute Gasteiger partial charge is 0.247 e. The Morgan fingerprint density at radius 1 is 1.12 bits per heavy atom. The molecule has 1 aliphatic heterocycles. The van der Waals surface area contributed by atoms with Crippen molar-refractivity contribution >= 4 is 15.9 Å². The zero-order valence-corrected chi connectivity index (χ0v) is 15.8. The summed E-state index contributed by atoms with van der Waals surface area (Å²) in [5, 5.41) is 2.77. The van der Waals surface area contributed by atoms with E-state index in [2.05, 4.69) is 5.32 Å². The van der Waals surface area contributed by atoms with Crippen LogP contribution in [0.1, 0.15) is 22.7 Å². The molecule has 3 rings (SSSR count). The molecule has 1 aliphatic rings. The van der Waals surface area contributed by atoms with E-state index in [-0.39, 0.29) is 29.6 Å². The number of rotatable bonds is 4. The van der Waals surface area contributed by atoms with Gasteiger partial charge in [-0.1, -0.05) is 35.9 Å². The van der Waals surface area contributed by atoms with Crippen molar-refractivity contribution in [1.82, 2.24) is 9.62 Å². The minimum Gasteiger partial charge on any atom is -0.495 e. The van der Waals surface area contributed by atoms with Gasteiger partial charge in [0.1, 0.15) is 16.7 Å². The zero-order chi connectivity index (χ0) is 18.9. The highest BCUT2D eigenvalue weighted by molar-refractivity contribution is 7.89. The average Bonchev–Trinajstić information content (AvgIpc) is 2.61. The maximum absolute atomic E-state index is 13.4. The highest BCUT2D eigenvalue weighted by atomic mass is 32.2. The molecule has 138 valence electrons. The Hall–Kier alpha value is -2.38. The van der Waals surface area contributed by atoms with Crippen LogP contribution in [-0.4, -0.2) is 38.8 Å². The minimum absolute atomic E-state index is 0.0763. The van der Waals surface area contributed by atoms with Gasteiger partial charge < -0.3 is 10.1 Å². The van der Waals surface area contributed by atoms with Gasteiger partial charge in [0.05, 0.1) is 7.11 Å². The molecule has 1 saturated heterocycles. The number of carbonyl (C=O) groups is 1. The van der Waals surface area contributed by atoms with Crippen LogP contribution in [0.4, 0.5) is 0 Å². The fourth-order valence-corrected chi connectivity index (χ4v) is 4.99. The number of hydrogen-bond donors (Lipinski definition) is 1. The van der Waals surface area contributed by atoms with E-state index in [1.54, 1.807) is 24.3 Å². The van der Waals surface area contributed by atoms with E-state index in [0.29, 0.717) is 5.56 Å². The first-order chi connectivity index (χ1) is 12.3. The summed E-state index contributed by atoms with van der Waals surface area (Å²) in [6, 6.07) is 11.4.